The number of piperidine rings is 2. The molecule has 17 nitrogen and oxygen atoms in total. The first kappa shape index (κ1) is 36.8. The molecule has 4 saturated heterocycles. The summed E-state index contributed by atoms with van der Waals surface area (Å²) < 4.78 is 9.21. The van der Waals surface area contributed by atoms with Crippen LogP contribution in [0.2, 0.25) is 0 Å². The number of nitrogens with two attached hydrogens (primary N) is 1. The van der Waals surface area contributed by atoms with E-state index in [1.54, 1.807) is 36.5 Å². The Kier molecular flexibility index (Phi) is 9.41. The lowest BCUT2D eigenvalue weighted by Gasteiger charge is -2.48. The Labute approximate surface area is 328 Å². The normalized spacial score (nSPS) is 23.0. The summed E-state index contributed by atoms with van der Waals surface area (Å²) in [7, 11) is 1.79. The van der Waals surface area contributed by atoms with Gasteiger partial charge in [0.2, 0.25) is 0 Å². The van der Waals surface area contributed by atoms with Crippen LogP contribution in [0.5, 0.6) is 0 Å². The van der Waals surface area contributed by atoms with Gasteiger partial charge in [-0.1, -0.05) is 0 Å². The van der Waals surface area contributed by atoms with E-state index in [0.717, 1.165) is 76.0 Å². The number of aryl methyl sites for hydroxylation is 1. The third kappa shape index (κ3) is 7.19. The van der Waals surface area contributed by atoms with Gasteiger partial charge in [0.05, 0.1) is 43.1 Å². The number of aromatic nitrogens is 5. The zero-order chi connectivity index (χ0) is 39.4. The van der Waals surface area contributed by atoms with E-state index >= 15 is 0 Å². The van der Waals surface area contributed by atoms with Crippen LogP contribution in [0.3, 0.4) is 0 Å². The molecular formula is C40H47N11O6. The standard InChI is InChI=1S/C40H47N11O6/c1-46-20-27(17-43-46)44-37-35(36(41)54)42-18-34(45-37)49-11-2-3-29(21-49)51-24-40(57-39(51)56)22-47(23-40)19-25-8-12-48(13-9-25)28-4-6-31-26(15-28)10-14-50(38(31)55)32-7-5-30(52)16-33(32)53/h4,6,10,14-15,17-18,20,25,29,32H,2-3,5,7-9,11-13,16,19,21-24H2,1H3,(H2,41,54)(H,44,45)/t29-,32?/m1/s1. The van der Waals surface area contributed by atoms with Crippen LogP contribution in [0, 0.1) is 5.92 Å². The lowest BCUT2D eigenvalue weighted by Crippen LogP contribution is -2.65. The number of Topliss-reactive ketones (excluding diaryl/α,β-unsaturated/α-hetero) is 2. The molecular weight excluding hydrogens is 731 g/mol. The molecule has 7 heterocycles. The molecule has 3 N–H and O–H groups in total. The average molecular weight is 778 g/mol. The molecule has 2 amide bonds. The molecule has 0 bridgehead atoms. The third-order valence-corrected chi connectivity index (χ3v) is 12.3. The molecule has 5 fully saturated rings. The number of fused-ring (bicyclic) bond motifs is 1. The summed E-state index contributed by atoms with van der Waals surface area (Å²) in [4.78, 5) is 80.8. The Morgan fingerprint density at radius 1 is 1.00 bits per heavy atom. The molecule has 0 radical (unpaired) electrons. The van der Waals surface area contributed by atoms with Gasteiger partial charge in [-0.25, -0.2) is 14.8 Å². The summed E-state index contributed by atoms with van der Waals surface area (Å²) in [6.07, 6.45) is 10.8. The van der Waals surface area contributed by atoms with Crippen molar-refractivity contribution in [2.24, 2.45) is 18.7 Å². The highest BCUT2D eigenvalue weighted by atomic mass is 16.6. The van der Waals surface area contributed by atoms with Crippen molar-refractivity contribution in [3.63, 3.8) is 0 Å². The van der Waals surface area contributed by atoms with Gasteiger partial charge in [-0.05, 0) is 67.7 Å². The largest absolute Gasteiger partial charge is 0.438 e. The van der Waals surface area contributed by atoms with E-state index < -0.39 is 17.6 Å². The minimum absolute atomic E-state index is 0.0386. The molecule has 5 aliphatic rings. The summed E-state index contributed by atoms with van der Waals surface area (Å²) in [5, 5.41) is 8.70. The number of rotatable bonds is 9. The maximum absolute atomic E-state index is 13.3. The zero-order valence-corrected chi connectivity index (χ0v) is 32.0. The van der Waals surface area contributed by atoms with E-state index in [-0.39, 0.29) is 47.2 Å². The van der Waals surface area contributed by atoms with Crippen molar-refractivity contribution < 1.29 is 23.9 Å². The first-order valence-corrected chi connectivity index (χ1v) is 19.8. The van der Waals surface area contributed by atoms with Crippen molar-refractivity contribution in [3.05, 3.63) is 65.1 Å². The van der Waals surface area contributed by atoms with Gasteiger partial charge < -0.3 is 30.2 Å². The lowest BCUT2D eigenvalue weighted by molar-refractivity contribution is -0.132. The van der Waals surface area contributed by atoms with Crippen LogP contribution in [0.4, 0.5) is 27.8 Å². The number of pyridine rings is 1. The Hall–Kier alpha value is -5.84. The molecule has 1 aromatic carbocycles. The second kappa shape index (κ2) is 14.6. The molecule has 17 heteroatoms. The molecule has 298 valence electrons. The van der Waals surface area contributed by atoms with Crippen LogP contribution in [-0.4, -0.2) is 122 Å². The van der Waals surface area contributed by atoms with Gasteiger partial charge >= 0.3 is 6.09 Å². The zero-order valence-electron chi connectivity index (χ0n) is 32.0. The van der Waals surface area contributed by atoms with Crippen LogP contribution in [0.25, 0.3) is 10.8 Å². The Bertz CT molecular complexity index is 2310. The fraction of sp³-hybridized carbons (Fsp3) is 0.500. The minimum atomic E-state index is -0.685. The SMILES string of the molecule is Cn1cc(Nc2nc(N3CCC[C@@H](N4CC5(CN(CC6CCN(c7ccc8c(=O)n(C9CCC(=O)CC9=O)ccc8c7)CC6)C5)OC4=O)C3)cnc2C(N)=O)cn1. The molecule has 4 aromatic rings. The molecule has 1 spiro atoms. The maximum atomic E-state index is 13.3. The van der Waals surface area contributed by atoms with E-state index in [9.17, 15) is 24.0 Å². The highest BCUT2D eigenvalue weighted by Gasteiger charge is 2.55. The topological polar surface area (TPSA) is 194 Å². The van der Waals surface area contributed by atoms with Crippen molar-refractivity contribution in [2.75, 3.05) is 67.5 Å². The van der Waals surface area contributed by atoms with Gasteiger partial charge in [-0.3, -0.25) is 33.7 Å². The van der Waals surface area contributed by atoms with Crippen molar-refractivity contribution in [3.8, 4) is 0 Å². The van der Waals surface area contributed by atoms with Gasteiger partial charge in [0, 0.05) is 82.7 Å². The number of amides is 2. The first-order valence-electron chi connectivity index (χ1n) is 19.8. The van der Waals surface area contributed by atoms with Crippen molar-refractivity contribution in [1.29, 1.82) is 0 Å². The van der Waals surface area contributed by atoms with E-state index in [1.165, 1.54) is 4.57 Å². The number of carbonyl (C=O) groups excluding carboxylic acids is 4. The Balaban J connectivity index is 0.772. The van der Waals surface area contributed by atoms with Crippen LogP contribution in [-0.2, 0) is 21.4 Å². The molecule has 2 atom stereocenters. The smallest absolute Gasteiger partial charge is 0.410 e. The molecule has 1 saturated carbocycles. The van der Waals surface area contributed by atoms with E-state index in [2.05, 4.69) is 36.2 Å². The molecule has 57 heavy (non-hydrogen) atoms. The lowest BCUT2D eigenvalue weighted by atomic mass is 9.89. The monoisotopic (exact) mass is 777 g/mol. The molecule has 1 aliphatic carbocycles. The number of nitrogens with one attached hydrogen (secondary N) is 1. The highest BCUT2D eigenvalue weighted by molar-refractivity contribution is 6.03. The number of likely N-dealkylation sites (tertiary alicyclic amines) is 1. The third-order valence-electron chi connectivity index (χ3n) is 12.3. The number of hydrogen-bond donors (Lipinski definition) is 2. The summed E-state index contributed by atoms with van der Waals surface area (Å²) in [6, 6.07) is 7.20. The predicted octanol–water partition coefficient (Wildman–Crippen LogP) is 2.62. The number of anilines is 4. The summed E-state index contributed by atoms with van der Waals surface area (Å²) in [5.41, 5.74) is 6.69. The number of primary amides is 1. The summed E-state index contributed by atoms with van der Waals surface area (Å²) in [6.45, 7) is 6.10. The summed E-state index contributed by atoms with van der Waals surface area (Å²) in [5.74, 6) is 0.455. The van der Waals surface area contributed by atoms with Crippen LogP contribution >= 0.6 is 0 Å². The van der Waals surface area contributed by atoms with Crippen LogP contribution in [0.15, 0.2) is 53.8 Å². The molecule has 3 aromatic heterocycles. The number of benzene rings is 1. The number of ketones is 2. The second-order valence-electron chi connectivity index (χ2n) is 16.4. The minimum Gasteiger partial charge on any atom is -0.438 e. The number of carbonyl (C=O) groups is 4. The molecule has 4 aliphatic heterocycles. The van der Waals surface area contributed by atoms with Gasteiger partial charge in [-0.15, -0.1) is 0 Å². The van der Waals surface area contributed by atoms with Crippen LogP contribution in [0.1, 0.15) is 61.5 Å². The first-order chi connectivity index (χ1) is 27.5. The van der Waals surface area contributed by atoms with E-state index in [0.29, 0.717) is 48.7 Å². The fourth-order valence-corrected chi connectivity index (χ4v) is 9.42. The fourth-order valence-electron chi connectivity index (χ4n) is 9.42. The van der Waals surface area contributed by atoms with E-state index in [4.69, 9.17) is 15.5 Å². The van der Waals surface area contributed by atoms with Gasteiger partial charge in [0.25, 0.3) is 11.5 Å². The van der Waals surface area contributed by atoms with Gasteiger partial charge in [-0.2, -0.15) is 5.10 Å². The average Bonchev–Trinajstić information content (AvgIpc) is 3.77. The van der Waals surface area contributed by atoms with Crippen LogP contribution < -0.4 is 26.4 Å². The number of nitrogens with zero attached hydrogens (tertiary/aromatic N) is 9. The van der Waals surface area contributed by atoms with Crippen molar-refractivity contribution in [1.82, 2.24) is 34.1 Å². The second-order valence-corrected chi connectivity index (χ2v) is 16.4. The van der Waals surface area contributed by atoms with E-state index in [1.807, 2.05) is 23.1 Å². The summed E-state index contributed by atoms with van der Waals surface area (Å²) >= 11 is 0. The van der Waals surface area contributed by atoms with Crippen molar-refractivity contribution >= 4 is 57.3 Å². The molecule has 1 unspecified atom stereocenters. The Morgan fingerprint density at radius 2 is 1.82 bits per heavy atom. The van der Waals surface area contributed by atoms with Gasteiger partial charge in [0.15, 0.2) is 22.9 Å². The quantitative estimate of drug-likeness (QED) is 0.236. The number of ether oxygens (including phenoxy) is 1. The highest BCUT2D eigenvalue weighted by Crippen LogP contribution is 2.37. The number of hydrogen-bond acceptors (Lipinski definition) is 13. The Morgan fingerprint density at radius 3 is 2.58 bits per heavy atom. The van der Waals surface area contributed by atoms with Gasteiger partial charge in [0.1, 0.15) is 11.6 Å². The predicted molar refractivity (Wildman–Crippen MR) is 211 cm³/mol. The van der Waals surface area contributed by atoms with Crippen molar-refractivity contribution in [2.45, 2.75) is 62.6 Å². The molecule has 9 rings (SSSR count). The maximum Gasteiger partial charge on any atom is 0.410 e.